The first kappa shape index (κ1) is 20.5. The number of amides is 1. The highest BCUT2D eigenvalue weighted by Crippen LogP contribution is 2.30. The quantitative estimate of drug-likeness (QED) is 0.500. The van der Waals surface area contributed by atoms with Crippen LogP contribution in [0.15, 0.2) is 66.2 Å². The van der Waals surface area contributed by atoms with Crippen molar-refractivity contribution in [2.24, 2.45) is 0 Å². The zero-order valence-electron chi connectivity index (χ0n) is 17.3. The van der Waals surface area contributed by atoms with Crippen molar-refractivity contribution < 1.29 is 14.3 Å². The van der Waals surface area contributed by atoms with E-state index in [1.807, 2.05) is 66.7 Å². The maximum absolute atomic E-state index is 12.8. The number of morpholine rings is 1. The van der Waals surface area contributed by atoms with Gasteiger partial charge in [-0.1, -0.05) is 30.3 Å². The molecule has 6 nitrogen and oxygen atoms in total. The fourth-order valence-corrected chi connectivity index (χ4v) is 3.67. The third-order valence-corrected chi connectivity index (χ3v) is 5.31. The topological polar surface area (TPSA) is 74.6 Å². The van der Waals surface area contributed by atoms with E-state index in [-0.39, 0.29) is 5.57 Å². The molecular formula is C25H23N3O3. The Balaban J connectivity index is 1.57. The van der Waals surface area contributed by atoms with Gasteiger partial charge < -0.3 is 19.7 Å². The van der Waals surface area contributed by atoms with Crippen molar-refractivity contribution in [2.75, 3.05) is 43.6 Å². The molecule has 0 saturated carbocycles. The van der Waals surface area contributed by atoms with Crippen molar-refractivity contribution >= 4 is 34.1 Å². The Hall–Kier alpha value is -3.82. The molecule has 1 fully saturated rings. The van der Waals surface area contributed by atoms with Gasteiger partial charge in [-0.2, -0.15) is 5.26 Å². The van der Waals surface area contributed by atoms with Gasteiger partial charge in [0.1, 0.15) is 17.4 Å². The number of benzene rings is 3. The highest BCUT2D eigenvalue weighted by molar-refractivity contribution is 6.11. The van der Waals surface area contributed by atoms with Gasteiger partial charge in [0.25, 0.3) is 5.91 Å². The Kier molecular flexibility index (Phi) is 6.16. The third kappa shape index (κ3) is 4.52. The van der Waals surface area contributed by atoms with Crippen LogP contribution in [0.4, 0.5) is 11.4 Å². The minimum atomic E-state index is -0.461. The Labute approximate surface area is 181 Å². The minimum absolute atomic E-state index is 0.00640. The van der Waals surface area contributed by atoms with E-state index in [1.54, 1.807) is 13.2 Å². The number of methoxy groups -OCH3 is 1. The molecule has 4 rings (SSSR count). The number of hydrogen-bond donors (Lipinski definition) is 1. The summed E-state index contributed by atoms with van der Waals surface area (Å²) in [4.78, 5) is 15.0. The van der Waals surface area contributed by atoms with Gasteiger partial charge >= 0.3 is 0 Å². The molecule has 1 N–H and O–H groups in total. The molecule has 1 amide bonds. The Morgan fingerprint density at radius 2 is 1.84 bits per heavy atom. The molecule has 0 aliphatic carbocycles. The largest absolute Gasteiger partial charge is 0.496 e. The summed E-state index contributed by atoms with van der Waals surface area (Å²) in [5, 5.41) is 14.4. The number of nitrogens with zero attached hydrogens (tertiary/aromatic N) is 2. The summed E-state index contributed by atoms with van der Waals surface area (Å²) < 4.78 is 10.9. The SMILES string of the molecule is COc1ccc2ccccc2c1/C=C(\C#N)C(=O)Nc1ccc(N2CCOCC2)cc1. The van der Waals surface area contributed by atoms with E-state index in [2.05, 4.69) is 10.2 Å². The zero-order chi connectivity index (χ0) is 21.6. The van der Waals surface area contributed by atoms with Crippen LogP contribution >= 0.6 is 0 Å². The molecule has 1 aliphatic heterocycles. The van der Waals surface area contributed by atoms with E-state index in [1.165, 1.54) is 0 Å². The summed E-state index contributed by atoms with van der Waals surface area (Å²) in [7, 11) is 1.57. The monoisotopic (exact) mass is 413 g/mol. The number of ether oxygens (including phenoxy) is 2. The summed E-state index contributed by atoms with van der Waals surface area (Å²) in [6.45, 7) is 3.12. The first-order valence-electron chi connectivity index (χ1n) is 10.1. The van der Waals surface area contributed by atoms with Crippen LogP contribution in [0.2, 0.25) is 0 Å². The van der Waals surface area contributed by atoms with E-state index in [4.69, 9.17) is 9.47 Å². The van der Waals surface area contributed by atoms with Crippen molar-refractivity contribution in [1.29, 1.82) is 5.26 Å². The predicted octanol–water partition coefficient (Wildman–Crippen LogP) is 4.23. The number of fused-ring (bicyclic) bond motifs is 1. The van der Waals surface area contributed by atoms with Crippen LogP contribution in [0.5, 0.6) is 5.75 Å². The summed E-state index contributed by atoms with van der Waals surface area (Å²) in [6, 6.07) is 21.2. The molecule has 31 heavy (non-hydrogen) atoms. The Morgan fingerprint density at radius 1 is 1.10 bits per heavy atom. The summed E-state index contributed by atoms with van der Waals surface area (Å²) in [5.74, 6) is 0.144. The van der Waals surface area contributed by atoms with Crippen molar-refractivity contribution in [3.63, 3.8) is 0 Å². The van der Waals surface area contributed by atoms with Gasteiger partial charge in [0.2, 0.25) is 0 Å². The van der Waals surface area contributed by atoms with Crippen LogP contribution in [0.3, 0.4) is 0 Å². The van der Waals surface area contributed by atoms with Crippen LogP contribution in [0.1, 0.15) is 5.56 Å². The van der Waals surface area contributed by atoms with Gasteiger partial charge in [0.15, 0.2) is 0 Å². The normalized spacial score (nSPS) is 14.2. The lowest BCUT2D eigenvalue weighted by Gasteiger charge is -2.28. The fourth-order valence-electron chi connectivity index (χ4n) is 3.67. The summed E-state index contributed by atoms with van der Waals surface area (Å²) in [6.07, 6.45) is 1.58. The van der Waals surface area contributed by atoms with Gasteiger partial charge in [-0.05, 0) is 47.2 Å². The molecule has 156 valence electrons. The highest BCUT2D eigenvalue weighted by atomic mass is 16.5. The summed E-state index contributed by atoms with van der Waals surface area (Å²) in [5.41, 5.74) is 2.42. The van der Waals surface area contributed by atoms with E-state index < -0.39 is 5.91 Å². The Morgan fingerprint density at radius 3 is 2.55 bits per heavy atom. The molecule has 3 aromatic carbocycles. The van der Waals surface area contributed by atoms with Crippen molar-refractivity contribution in [1.82, 2.24) is 0 Å². The second-order valence-electron chi connectivity index (χ2n) is 7.17. The lowest BCUT2D eigenvalue weighted by atomic mass is 10.0. The van der Waals surface area contributed by atoms with Crippen LogP contribution in [-0.2, 0) is 9.53 Å². The average Bonchev–Trinajstić information content (AvgIpc) is 2.83. The molecular weight excluding hydrogens is 390 g/mol. The smallest absolute Gasteiger partial charge is 0.266 e. The van der Waals surface area contributed by atoms with Gasteiger partial charge in [-0.3, -0.25) is 4.79 Å². The van der Waals surface area contributed by atoms with Crippen molar-refractivity contribution in [3.05, 3.63) is 71.8 Å². The number of hydrogen-bond acceptors (Lipinski definition) is 5. The molecule has 0 bridgehead atoms. The summed E-state index contributed by atoms with van der Waals surface area (Å²) >= 11 is 0. The fraction of sp³-hybridized carbons (Fsp3) is 0.200. The van der Waals surface area contributed by atoms with Crippen molar-refractivity contribution in [2.45, 2.75) is 0 Å². The zero-order valence-corrected chi connectivity index (χ0v) is 17.3. The molecule has 0 atom stereocenters. The van der Waals surface area contributed by atoms with Gasteiger partial charge in [0.05, 0.1) is 20.3 Å². The van der Waals surface area contributed by atoms with E-state index >= 15 is 0 Å². The maximum atomic E-state index is 12.8. The second kappa shape index (κ2) is 9.33. The lowest BCUT2D eigenvalue weighted by molar-refractivity contribution is -0.112. The minimum Gasteiger partial charge on any atom is -0.496 e. The predicted molar refractivity (Wildman–Crippen MR) is 122 cm³/mol. The molecule has 0 aromatic heterocycles. The standard InChI is InChI=1S/C25H23N3O3/c1-30-24-11-6-18-4-2-3-5-22(18)23(24)16-19(17-26)25(29)27-20-7-9-21(10-8-20)28-12-14-31-15-13-28/h2-11,16H,12-15H2,1H3,(H,27,29)/b19-16+. The number of nitrogens with one attached hydrogen (secondary N) is 1. The van der Waals surface area contributed by atoms with Crippen LogP contribution in [0, 0.1) is 11.3 Å². The van der Waals surface area contributed by atoms with E-state index in [0.717, 1.165) is 29.5 Å². The second-order valence-corrected chi connectivity index (χ2v) is 7.17. The van der Waals surface area contributed by atoms with Crippen molar-refractivity contribution in [3.8, 4) is 11.8 Å². The third-order valence-electron chi connectivity index (χ3n) is 5.31. The van der Waals surface area contributed by atoms with Gasteiger partial charge in [0, 0.05) is 30.0 Å². The first-order valence-corrected chi connectivity index (χ1v) is 10.1. The number of rotatable bonds is 5. The maximum Gasteiger partial charge on any atom is 0.266 e. The van der Waals surface area contributed by atoms with Crippen LogP contribution in [-0.4, -0.2) is 39.3 Å². The molecule has 6 heteroatoms. The highest BCUT2D eigenvalue weighted by Gasteiger charge is 2.14. The van der Waals surface area contributed by atoms with Crippen LogP contribution < -0.4 is 15.0 Å². The number of carbonyl (C=O) groups is 1. The average molecular weight is 413 g/mol. The molecule has 0 spiro atoms. The Bertz CT molecular complexity index is 1160. The van der Waals surface area contributed by atoms with Crippen LogP contribution in [0.25, 0.3) is 16.8 Å². The molecule has 1 aliphatic rings. The first-order chi connectivity index (χ1) is 15.2. The molecule has 0 unspecified atom stereocenters. The number of nitriles is 1. The van der Waals surface area contributed by atoms with Gasteiger partial charge in [-0.15, -0.1) is 0 Å². The number of anilines is 2. The molecule has 3 aromatic rings. The van der Waals surface area contributed by atoms with Gasteiger partial charge in [-0.25, -0.2) is 0 Å². The van der Waals surface area contributed by atoms with E-state index in [9.17, 15) is 10.1 Å². The molecule has 1 heterocycles. The molecule has 1 saturated heterocycles. The lowest BCUT2D eigenvalue weighted by Crippen LogP contribution is -2.36. The molecule has 0 radical (unpaired) electrons. The number of carbonyl (C=O) groups excluding carboxylic acids is 1. The van der Waals surface area contributed by atoms with E-state index in [0.29, 0.717) is 30.2 Å².